The van der Waals surface area contributed by atoms with Gasteiger partial charge in [0.2, 0.25) is 0 Å². The third kappa shape index (κ3) is 5.78. The second-order valence-electron chi connectivity index (χ2n) is 11.1. The highest BCUT2D eigenvalue weighted by atomic mass is 35.5. The number of para-hydroxylation sites is 1. The van der Waals surface area contributed by atoms with Crippen LogP contribution in [0.1, 0.15) is 27.8 Å². The molecule has 5 aromatic carbocycles. The fraction of sp³-hybridized carbons (Fsp3) is 0.0769. The molecule has 2 N–H and O–H groups in total. The number of carbonyl (C=O) groups excluding carboxylic acids is 2. The second kappa shape index (κ2) is 12.4. The van der Waals surface area contributed by atoms with Gasteiger partial charge in [-0.2, -0.15) is 0 Å². The van der Waals surface area contributed by atoms with Crippen molar-refractivity contribution in [3.05, 3.63) is 142 Å². The van der Waals surface area contributed by atoms with E-state index < -0.39 is 0 Å². The van der Waals surface area contributed by atoms with E-state index in [1.165, 1.54) is 5.56 Å². The topological polar surface area (TPSA) is 76.7 Å². The molecule has 0 unspecified atom stereocenters. The minimum Gasteiger partial charge on any atom is -0.496 e. The van der Waals surface area contributed by atoms with Crippen LogP contribution < -0.4 is 20.1 Å². The first-order valence-corrected chi connectivity index (χ1v) is 15.3. The van der Waals surface area contributed by atoms with Gasteiger partial charge in [0, 0.05) is 50.7 Å². The smallest absolute Gasteiger partial charge is 0.256 e. The second-order valence-corrected chi connectivity index (χ2v) is 11.5. The number of methoxy groups -OCH3 is 1. The molecule has 0 spiro atoms. The first-order valence-electron chi connectivity index (χ1n) is 14.9. The van der Waals surface area contributed by atoms with Crippen LogP contribution in [-0.4, -0.2) is 25.5 Å². The molecule has 46 heavy (non-hydrogen) atoms. The Kier molecular flexibility index (Phi) is 7.87. The Labute approximate surface area is 272 Å². The molecule has 0 atom stereocenters. The number of anilines is 2. The lowest BCUT2D eigenvalue weighted by Crippen LogP contribution is -2.03. The molecule has 2 amide bonds. The third-order valence-electron chi connectivity index (χ3n) is 8.12. The van der Waals surface area contributed by atoms with Crippen LogP contribution in [0.3, 0.4) is 0 Å². The highest BCUT2D eigenvalue weighted by Crippen LogP contribution is 2.37. The predicted molar refractivity (Wildman–Crippen MR) is 185 cm³/mol. The van der Waals surface area contributed by atoms with Crippen molar-refractivity contribution in [1.29, 1.82) is 0 Å². The lowest BCUT2D eigenvalue weighted by Gasteiger charge is -2.10. The Balaban J connectivity index is 0.000000152. The van der Waals surface area contributed by atoms with Gasteiger partial charge in [0.15, 0.2) is 0 Å². The first-order chi connectivity index (χ1) is 22.5. The van der Waals surface area contributed by atoms with E-state index in [-0.39, 0.29) is 11.8 Å². The van der Waals surface area contributed by atoms with Crippen molar-refractivity contribution in [2.45, 2.75) is 6.42 Å². The van der Waals surface area contributed by atoms with Crippen molar-refractivity contribution in [3.8, 4) is 22.6 Å². The normalized spacial score (nSPS) is 15.7. The van der Waals surface area contributed by atoms with Crippen LogP contribution in [0.15, 0.2) is 109 Å². The molecule has 226 valence electrons. The molecule has 3 aliphatic heterocycles. The summed E-state index contributed by atoms with van der Waals surface area (Å²) < 4.78 is 11.0. The van der Waals surface area contributed by atoms with Gasteiger partial charge in [0.05, 0.1) is 13.7 Å². The Bertz CT molecular complexity index is 2070. The zero-order valence-electron chi connectivity index (χ0n) is 25.0. The van der Waals surface area contributed by atoms with Crippen molar-refractivity contribution >= 4 is 58.1 Å². The lowest BCUT2D eigenvalue weighted by atomic mass is 9.99. The molecule has 3 heterocycles. The molecule has 0 radical (unpaired) electrons. The SMILES string of the molecule is COc1ccc(C=C2C(=O)Nc3ccc(Cl)cc32)cc1-c1ccccc1.O=C1Nc2ccccc2C1=Cc1ccc2c(c1)CCO2. The predicted octanol–water partition coefficient (Wildman–Crippen LogP) is 8.62. The summed E-state index contributed by atoms with van der Waals surface area (Å²) in [4.78, 5) is 24.4. The van der Waals surface area contributed by atoms with Gasteiger partial charge in [-0.1, -0.05) is 72.3 Å². The maximum absolute atomic E-state index is 12.4. The van der Waals surface area contributed by atoms with Gasteiger partial charge in [-0.25, -0.2) is 0 Å². The van der Waals surface area contributed by atoms with Crippen molar-refractivity contribution in [3.63, 3.8) is 0 Å². The first kappa shape index (κ1) is 29.1. The number of carbonyl (C=O) groups is 2. The van der Waals surface area contributed by atoms with Crippen LogP contribution in [0.2, 0.25) is 5.02 Å². The summed E-state index contributed by atoms with van der Waals surface area (Å²) in [6, 6.07) is 35.1. The van der Waals surface area contributed by atoms with E-state index >= 15 is 0 Å². The fourth-order valence-corrected chi connectivity index (χ4v) is 6.05. The van der Waals surface area contributed by atoms with E-state index in [4.69, 9.17) is 21.1 Å². The molecule has 0 fully saturated rings. The van der Waals surface area contributed by atoms with E-state index in [9.17, 15) is 9.59 Å². The van der Waals surface area contributed by atoms with Gasteiger partial charge in [-0.05, 0) is 82.9 Å². The molecule has 0 saturated carbocycles. The van der Waals surface area contributed by atoms with Crippen molar-refractivity contribution in [2.24, 2.45) is 0 Å². The average molecular weight is 625 g/mol. The van der Waals surface area contributed by atoms with Crippen LogP contribution >= 0.6 is 11.6 Å². The molecule has 7 heteroatoms. The number of fused-ring (bicyclic) bond motifs is 3. The van der Waals surface area contributed by atoms with E-state index in [2.05, 4.69) is 16.7 Å². The molecule has 0 aromatic heterocycles. The van der Waals surface area contributed by atoms with Crippen LogP contribution in [-0.2, 0) is 16.0 Å². The Morgan fingerprint density at radius 3 is 2.15 bits per heavy atom. The Hall–Kier alpha value is -5.59. The molecule has 6 nitrogen and oxygen atoms in total. The summed E-state index contributed by atoms with van der Waals surface area (Å²) in [5.41, 5.74) is 9.98. The number of ether oxygens (including phenoxy) is 2. The van der Waals surface area contributed by atoms with Gasteiger partial charge >= 0.3 is 0 Å². The zero-order chi connectivity index (χ0) is 31.6. The van der Waals surface area contributed by atoms with Gasteiger partial charge < -0.3 is 20.1 Å². The molecule has 0 saturated heterocycles. The maximum atomic E-state index is 12.4. The Morgan fingerprint density at radius 2 is 1.37 bits per heavy atom. The van der Waals surface area contributed by atoms with Crippen molar-refractivity contribution in [1.82, 2.24) is 0 Å². The van der Waals surface area contributed by atoms with E-state index in [0.717, 1.165) is 74.9 Å². The third-order valence-corrected chi connectivity index (χ3v) is 8.35. The monoisotopic (exact) mass is 624 g/mol. The quantitative estimate of drug-likeness (QED) is 0.196. The summed E-state index contributed by atoms with van der Waals surface area (Å²) in [6.45, 7) is 0.749. The average Bonchev–Trinajstić information content (AvgIpc) is 3.77. The number of hydrogen-bond donors (Lipinski definition) is 2. The number of benzene rings is 5. The van der Waals surface area contributed by atoms with E-state index in [0.29, 0.717) is 10.6 Å². The standard InChI is InChI=1S/C22H16ClNO2.C17H13NO2/c1-26-21-10-7-14(11-17(21)15-5-3-2-4-6-15)12-19-18-13-16(23)8-9-20(18)24-22(19)25;19-17-14(13-3-1-2-4-15(13)18-17)10-11-5-6-16-12(9-11)7-8-20-16/h2-13H,1H3,(H,24,25);1-6,9-10H,7-8H2,(H,18,19). The molecular formula is C39H29ClN2O4. The summed E-state index contributed by atoms with van der Waals surface area (Å²) in [5.74, 6) is 1.59. The van der Waals surface area contributed by atoms with Gasteiger partial charge in [0.1, 0.15) is 11.5 Å². The highest BCUT2D eigenvalue weighted by Gasteiger charge is 2.25. The lowest BCUT2D eigenvalue weighted by molar-refractivity contribution is -0.111. The van der Waals surface area contributed by atoms with Gasteiger partial charge in [-0.3, -0.25) is 9.59 Å². The molecule has 3 aliphatic rings. The Morgan fingerprint density at radius 1 is 0.696 bits per heavy atom. The number of nitrogens with one attached hydrogen (secondary N) is 2. The number of hydrogen-bond acceptors (Lipinski definition) is 4. The minimum atomic E-state index is -0.126. The highest BCUT2D eigenvalue weighted by molar-refractivity contribution is 6.37. The van der Waals surface area contributed by atoms with Crippen LogP contribution in [0.5, 0.6) is 11.5 Å². The maximum Gasteiger partial charge on any atom is 0.256 e. The number of amides is 2. The minimum absolute atomic E-state index is 0.0389. The van der Waals surface area contributed by atoms with Crippen molar-refractivity contribution in [2.75, 3.05) is 24.4 Å². The van der Waals surface area contributed by atoms with Gasteiger partial charge in [-0.15, -0.1) is 0 Å². The molecule has 0 bridgehead atoms. The fourth-order valence-electron chi connectivity index (χ4n) is 5.87. The van der Waals surface area contributed by atoms with E-state index in [1.807, 2.05) is 109 Å². The molecule has 5 aromatic rings. The summed E-state index contributed by atoms with van der Waals surface area (Å²) in [7, 11) is 1.66. The molecular weight excluding hydrogens is 596 g/mol. The largest absolute Gasteiger partial charge is 0.496 e. The van der Waals surface area contributed by atoms with E-state index in [1.54, 1.807) is 13.2 Å². The van der Waals surface area contributed by atoms with Crippen molar-refractivity contribution < 1.29 is 19.1 Å². The summed E-state index contributed by atoms with van der Waals surface area (Å²) in [5, 5.41) is 6.36. The summed E-state index contributed by atoms with van der Waals surface area (Å²) in [6.07, 6.45) is 4.76. The van der Waals surface area contributed by atoms with Crippen LogP contribution in [0, 0.1) is 0 Å². The number of rotatable bonds is 4. The molecule has 0 aliphatic carbocycles. The number of halogens is 1. The summed E-state index contributed by atoms with van der Waals surface area (Å²) >= 11 is 6.10. The zero-order valence-corrected chi connectivity index (χ0v) is 25.7. The van der Waals surface area contributed by atoms with Crippen LogP contribution in [0.4, 0.5) is 11.4 Å². The molecule has 8 rings (SSSR count). The van der Waals surface area contributed by atoms with Gasteiger partial charge in [0.25, 0.3) is 11.8 Å². The van der Waals surface area contributed by atoms with Crippen LogP contribution in [0.25, 0.3) is 34.4 Å².